The Kier molecular flexibility index (Phi) is 7.94. The maximum atomic E-state index is 12.0. The van der Waals surface area contributed by atoms with Gasteiger partial charge >= 0.3 is 0 Å². The molecule has 2 aromatic carbocycles. The molecule has 1 atom stereocenters. The molecule has 134 valence electrons. The largest absolute Gasteiger partial charge is 0.491 e. The number of aryl methyl sites for hydroxylation is 1. The number of hydrogen-bond donors (Lipinski definition) is 1. The van der Waals surface area contributed by atoms with Gasteiger partial charge in [0, 0.05) is 15.8 Å². The van der Waals surface area contributed by atoms with E-state index in [9.17, 15) is 4.79 Å². The van der Waals surface area contributed by atoms with Crippen molar-refractivity contribution in [3.05, 3.63) is 63.6 Å². The lowest BCUT2D eigenvalue weighted by Gasteiger charge is -2.15. The van der Waals surface area contributed by atoms with Crippen LogP contribution in [0.4, 0.5) is 0 Å². The lowest BCUT2D eigenvalue weighted by molar-refractivity contribution is -0.119. The number of amides is 1. The smallest absolute Gasteiger partial charge is 0.230 e. The summed E-state index contributed by atoms with van der Waals surface area (Å²) in [6.07, 6.45) is 0. The van der Waals surface area contributed by atoms with Crippen LogP contribution in [0.5, 0.6) is 5.75 Å². The monoisotopic (exact) mass is 397 g/mol. The van der Waals surface area contributed by atoms with Crippen LogP contribution in [0.3, 0.4) is 0 Å². The number of benzene rings is 2. The zero-order valence-corrected chi connectivity index (χ0v) is 16.5. The number of nitrogens with one attached hydrogen (secondary N) is 1. The first-order valence-corrected chi connectivity index (χ1v) is 9.86. The first-order chi connectivity index (χ1) is 12.0. The van der Waals surface area contributed by atoms with Gasteiger partial charge in [-0.05, 0) is 43.7 Å². The highest BCUT2D eigenvalue weighted by Gasteiger charge is 2.10. The molecule has 0 aliphatic rings. The average Bonchev–Trinajstić information content (AvgIpc) is 2.57. The minimum absolute atomic E-state index is 0.0341. The van der Waals surface area contributed by atoms with Crippen LogP contribution in [0.2, 0.25) is 10.0 Å². The Morgan fingerprint density at radius 1 is 1.16 bits per heavy atom. The van der Waals surface area contributed by atoms with Gasteiger partial charge in [0.05, 0.1) is 11.8 Å². The van der Waals surface area contributed by atoms with E-state index in [4.69, 9.17) is 27.9 Å². The fourth-order valence-electron chi connectivity index (χ4n) is 2.13. The van der Waals surface area contributed by atoms with E-state index < -0.39 is 0 Å². The second kappa shape index (κ2) is 9.95. The van der Waals surface area contributed by atoms with E-state index in [2.05, 4.69) is 5.32 Å². The maximum Gasteiger partial charge on any atom is 0.230 e. The Bertz CT molecular complexity index is 687. The van der Waals surface area contributed by atoms with Crippen molar-refractivity contribution >= 4 is 40.9 Å². The molecule has 0 saturated carbocycles. The molecule has 0 aromatic heterocycles. The quantitative estimate of drug-likeness (QED) is 0.671. The van der Waals surface area contributed by atoms with Crippen LogP contribution in [0.15, 0.2) is 42.5 Å². The highest BCUT2D eigenvalue weighted by molar-refractivity contribution is 7.99. The Hall–Kier alpha value is -1.36. The minimum atomic E-state index is -0.0710. The standard InChI is InChI=1S/C19H21Cl2NO2S/c1-13-6-8-15(9-7-13)24-10-14(2)22-19(23)12-25-11-16-17(20)4-3-5-18(16)21/h3-9,14H,10-12H2,1-2H3,(H,22,23)/t14-/m0/s1. The molecular weight excluding hydrogens is 377 g/mol. The van der Waals surface area contributed by atoms with E-state index in [1.54, 1.807) is 18.2 Å². The Morgan fingerprint density at radius 2 is 1.80 bits per heavy atom. The molecule has 1 N–H and O–H groups in total. The molecule has 3 nitrogen and oxygen atoms in total. The zero-order valence-electron chi connectivity index (χ0n) is 14.2. The van der Waals surface area contributed by atoms with Crippen LogP contribution in [-0.4, -0.2) is 24.3 Å². The van der Waals surface area contributed by atoms with Gasteiger partial charge in [0.25, 0.3) is 0 Å². The second-order valence-electron chi connectivity index (χ2n) is 5.79. The molecule has 0 aliphatic heterocycles. The molecule has 25 heavy (non-hydrogen) atoms. The Labute approximate surface area is 163 Å². The molecule has 1 amide bonds. The molecule has 2 aromatic rings. The fraction of sp³-hybridized carbons (Fsp3) is 0.316. The second-order valence-corrected chi connectivity index (χ2v) is 7.59. The number of rotatable bonds is 8. The summed E-state index contributed by atoms with van der Waals surface area (Å²) < 4.78 is 5.67. The van der Waals surface area contributed by atoms with Crippen molar-refractivity contribution in [2.45, 2.75) is 25.6 Å². The summed E-state index contributed by atoms with van der Waals surface area (Å²) >= 11 is 13.7. The maximum absolute atomic E-state index is 12.0. The molecular formula is C19H21Cl2NO2S. The van der Waals surface area contributed by atoms with E-state index in [0.29, 0.717) is 28.2 Å². The minimum Gasteiger partial charge on any atom is -0.491 e. The molecule has 0 fully saturated rings. The SMILES string of the molecule is Cc1ccc(OC[C@H](C)NC(=O)CSCc2c(Cl)cccc2Cl)cc1. The molecule has 0 spiro atoms. The van der Waals surface area contributed by atoms with E-state index >= 15 is 0 Å². The highest BCUT2D eigenvalue weighted by atomic mass is 35.5. The van der Waals surface area contributed by atoms with Gasteiger partial charge in [-0.2, -0.15) is 0 Å². The Morgan fingerprint density at radius 3 is 2.44 bits per heavy atom. The highest BCUT2D eigenvalue weighted by Crippen LogP contribution is 2.28. The molecule has 0 heterocycles. The van der Waals surface area contributed by atoms with Gasteiger partial charge in [-0.3, -0.25) is 4.79 Å². The topological polar surface area (TPSA) is 38.3 Å². The van der Waals surface area contributed by atoms with Gasteiger partial charge in [-0.25, -0.2) is 0 Å². The predicted octanol–water partition coefficient (Wildman–Crippen LogP) is 5.12. The summed E-state index contributed by atoms with van der Waals surface area (Å²) in [4.78, 5) is 12.0. The molecule has 2 rings (SSSR count). The van der Waals surface area contributed by atoms with Gasteiger partial charge < -0.3 is 10.1 Å². The van der Waals surface area contributed by atoms with Crippen LogP contribution >= 0.6 is 35.0 Å². The van der Waals surface area contributed by atoms with Gasteiger partial charge in [0.15, 0.2) is 0 Å². The molecule has 6 heteroatoms. The number of hydrogen-bond acceptors (Lipinski definition) is 3. The van der Waals surface area contributed by atoms with Crippen molar-refractivity contribution in [3.63, 3.8) is 0 Å². The zero-order chi connectivity index (χ0) is 18.2. The first-order valence-electron chi connectivity index (χ1n) is 7.95. The average molecular weight is 398 g/mol. The lowest BCUT2D eigenvalue weighted by atomic mass is 10.2. The van der Waals surface area contributed by atoms with Crippen LogP contribution < -0.4 is 10.1 Å². The summed E-state index contributed by atoms with van der Waals surface area (Å²) in [5.41, 5.74) is 2.05. The molecule has 0 unspecified atom stereocenters. The molecule has 0 saturated heterocycles. The number of carbonyl (C=O) groups is 1. The van der Waals surface area contributed by atoms with Crippen LogP contribution in [0.1, 0.15) is 18.1 Å². The van der Waals surface area contributed by atoms with Gasteiger partial charge in [-0.15, -0.1) is 11.8 Å². The normalized spacial score (nSPS) is 11.8. The summed E-state index contributed by atoms with van der Waals surface area (Å²) in [6.45, 7) is 4.37. The van der Waals surface area contributed by atoms with Crippen LogP contribution in [-0.2, 0) is 10.5 Å². The third-order valence-corrected chi connectivity index (χ3v) is 5.14. The Balaban J connectivity index is 1.70. The number of ether oxygens (including phenoxy) is 1. The van der Waals surface area contributed by atoms with E-state index in [1.165, 1.54) is 17.3 Å². The molecule has 0 aliphatic carbocycles. The molecule has 0 radical (unpaired) electrons. The predicted molar refractivity (Wildman–Crippen MR) is 107 cm³/mol. The third kappa shape index (κ3) is 6.81. The summed E-state index contributed by atoms with van der Waals surface area (Å²) in [5.74, 6) is 1.71. The first kappa shape index (κ1) is 20.0. The number of halogens is 2. The summed E-state index contributed by atoms with van der Waals surface area (Å²) in [7, 11) is 0. The molecule has 0 bridgehead atoms. The summed E-state index contributed by atoms with van der Waals surface area (Å²) in [5, 5.41) is 4.18. The van der Waals surface area contributed by atoms with Crippen molar-refractivity contribution in [3.8, 4) is 5.75 Å². The lowest BCUT2D eigenvalue weighted by Crippen LogP contribution is -2.37. The number of thioether (sulfide) groups is 1. The van der Waals surface area contributed by atoms with Gasteiger partial charge in [-0.1, -0.05) is 47.0 Å². The van der Waals surface area contributed by atoms with Crippen molar-refractivity contribution in [1.29, 1.82) is 0 Å². The summed E-state index contributed by atoms with van der Waals surface area (Å²) in [6, 6.07) is 13.2. The van der Waals surface area contributed by atoms with E-state index in [1.807, 2.05) is 38.1 Å². The van der Waals surface area contributed by atoms with Crippen molar-refractivity contribution in [2.24, 2.45) is 0 Å². The third-order valence-electron chi connectivity index (χ3n) is 3.47. The van der Waals surface area contributed by atoms with Crippen molar-refractivity contribution < 1.29 is 9.53 Å². The van der Waals surface area contributed by atoms with Crippen LogP contribution in [0.25, 0.3) is 0 Å². The fourth-order valence-corrected chi connectivity index (χ4v) is 3.71. The number of carbonyl (C=O) groups excluding carboxylic acids is 1. The van der Waals surface area contributed by atoms with Crippen molar-refractivity contribution in [2.75, 3.05) is 12.4 Å². The van der Waals surface area contributed by atoms with Gasteiger partial charge in [0.1, 0.15) is 12.4 Å². The van der Waals surface area contributed by atoms with Crippen LogP contribution in [0, 0.1) is 6.92 Å². The van der Waals surface area contributed by atoms with E-state index in [-0.39, 0.29) is 11.9 Å². The van der Waals surface area contributed by atoms with Crippen molar-refractivity contribution in [1.82, 2.24) is 5.32 Å². The van der Waals surface area contributed by atoms with Gasteiger partial charge in [0.2, 0.25) is 5.91 Å². The van der Waals surface area contributed by atoms with E-state index in [0.717, 1.165) is 11.3 Å².